The van der Waals surface area contributed by atoms with Crippen LogP contribution in [-0.4, -0.2) is 16.0 Å². The number of hydrogen-bond donors (Lipinski definition) is 2. The van der Waals surface area contributed by atoms with Crippen LogP contribution in [0, 0.1) is 0 Å². The van der Waals surface area contributed by atoms with Gasteiger partial charge in [0.05, 0.1) is 5.56 Å². The number of aromatic nitrogens is 1. The molecule has 0 aliphatic carbocycles. The Labute approximate surface area is 117 Å². The highest BCUT2D eigenvalue weighted by molar-refractivity contribution is 5.99. The van der Waals surface area contributed by atoms with Crippen LogP contribution in [0.15, 0.2) is 47.8 Å². The fourth-order valence-electron chi connectivity index (χ4n) is 1.88. The van der Waals surface area contributed by atoms with Crippen molar-refractivity contribution in [3.8, 4) is 11.6 Å². The summed E-state index contributed by atoms with van der Waals surface area (Å²) >= 11 is 0. The van der Waals surface area contributed by atoms with Gasteiger partial charge in [0.1, 0.15) is 5.75 Å². The standard InChI is InChI=1S/C15H17N3O2/c1-10(2)11-6-3-4-8-13(11)20-15-12(14(16)18-19)7-5-9-17-15/h3-10,19H,1-2H3,(H2,16,18). The maximum absolute atomic E-state index is 8.80. The smallest absolute Gasteiger partial charge is 0.230 e. The summed E-state index contributed by atoms with van der Waals surface area (Å²) in [7, 11) is 0. The number of nitrogens with zero attached hydrogens (tertiary/aromatic N) is 2. The second kappa shape index (κ2) is 6.06. The molecule has 0 saturated carbocycles. The topological polar surface area (TPSA) is 80.7 Å². The zero-order chi connectivity index (χ0) is 14.5. The Morgan fingerprint density at radius 2 is 2.00 bits per heavy atom. The third kappa shape index (κ3) is 2.88. The predicted molar refractivity (Wildman–Crippen MR) is 77.4 cm³/mol. The van der Waals surface area contributed by atoms with Crippen LogP contribution in [0.3, 0.4) is 0 Å². The Hall–Kier alpha value is -2.56. The summed E-state index contributed by atoms with van der Waals surface area (Å²) in [5.41, 5.74) is 7.15. The summed E-state index contributed by atoms with van der Waals surface area (Å²) in [4.78, 5) is 4.15. The number of nitrogens with two attached hydrogens (primary N) is 1. The number of oxime groups is 1. The van der Waals surface area contributed by atoms with Crippen molar-refractivity contribution < 1.29 is 9.94 Å². The van der Waals surface area contributed by atoms with E-state index in [4.69, 9.17) is 15.7 Å². The van der Waals surface area contributed by atoms with Crippen molar-refractivity contribution in [2.45, 2.75) is 19.8 Å². The monoisotopic (exact) mass is 271 g/mol. The maximum atomic E-state index is 8.80. The number of para-hydroxylation sites is 1. The minimum absolute atomic E-state index is 0.0323. The van der Waals surface area contributed by atoms with Crippen LogP contribution in [0.1, 0.15) is 30.9 Å². The molecule has 0 amide bonds. The molecule has 2 rings (SSSR count). The van der Waals surface area contributed by atoms with Crippen molar-refractivity contribution in [3.63, 3.8) is 0 Å². The zero-order valence-electron chi connectivity index (χ0n) is 11.4. The van der Waals surface area contributed by atoms with E-state index in [1.54, 1.807) is 18.3 Å². The summed E-state index contributed by atoms with van der Waals surface area (Å²) in [6.45, 7) is 4.18. The number of hydrogen-bond acceptors (Lipinski definition) is 4. The zero-order valence-corrected chi connectivity index (χ0v) is 11.4. The molecule has 5 heteroatoms. The molecule has 0 radical (unpaired) electrons. The van der Waals surface area contributed by atoms with E-state index in [1.165, 1.54) is 0 Å². The van der Waals surface area contributed by atoms with E-state index in [2.05, 4.69) is 24.0 Å². The molecule has 1 heterocycles. The van der Waals surface area contributed by atoms with Crippen molar-refractivity contribution in [1.82, 2.24) is 4.98 Å². The SMILES string of the molecule is CC(C)c1ccccc1Oc1ncccc1/C(N)=N/O. The Morgan fingerprint density at radius 1 is 1.25 bits per heavy atom. The van der Waals surface area contributed by atoms with Gasteiger partial charge in [-0.05, 0) is 29.7 Å². The van der Waals surface area contributed by atoms with E-state index in [0.29, 0.717) is 23.1 Å². The molecule has 104 valence electrons. The first-order valence-corrected chi connectivity index (χ1v) is 6.33. The summed E-state index contributed by atoms with van der Waals surface area (Å²) in [5.74, 6) is 1.32. The first-order chi connectivity index (χ1) is 9.63. The van der Waals surface area contributed by atoms with Crippen molar-refractivity contribution in [1.29, 1.82) is 0 Å². The average Bonchev–Trinajstić information content (AvgIpc) is 2.47. The predicted octanol–water partition coefficient (Wildman–Crippen LogP) is 3.09. The van der Waals surface area contributed by atoms with Gasteiger partial charge >= 0.3 is 0 Å². The molecule has 0 fully saturated rings. The number of amidine groups is 1. The van der Waals surface area contributed by atoms with Gasteiger partial charge in [-0.3, -0.25) is 0 Å². The van der Waals surface area contributed by atoms with Gasteiger partial charge < -0.3 is 15.7 Å². The lowest BCUT2D eigenvalue weighted by molar-refractivity contribution is 0.318. The second-order valence-corrected chi connectivity index (χ2v) is 4.64. The molecule has 0 bridgehead atoms. The molecular formula is C15H17N3O2. The molecule has 3 N–H and O–H groups in total. The van der Waals surface area contributed by atoms with Gasteiger partial charge in [0, 0.05) is 6.20 Å². The number of rotatable bonds is 4. The van der Waals surface area contributed by atoms with Crippen LogP contribution < -0.4 is 10.5 Å². The van der Waals surface area contributed by atoms with E-state index in [1.807, 2.05) is 24.3 Å². The van der Waals surface area contributed by atoms with Gasteiger partial charge in [0.2, 0.25) is 5.88 Å². The van der Waals surface area contributed by atoms with E-state index in [9.17, 15) is 0 Å². The first kappa shape index (κ1) is 13.9. The van der Waals surface area contributed by atoms with Gasteiger partial charge in [-0.25, -0.2) is 4.98 Å². The summed E-state index contributed by atoms with van der Waals surface area (Å²) in [6, 6.07) is 11.1. The summed E-state index contributed by atoms with van der Waals surface area (Å²) in [5, 5.41) is 11.8. The van der Waals surface area contributed by atoms with E-state index in [0.717, 1.165) is 5.56 Å². The van der Waals surface area contributed by atoms with E-state index >= 15 is 0 Å². The van der Waals surface area contributed by atoms with Crippen molar-refractivity contribution in [2.24, 2.45) is 10.9 Å². The van der Waals surface area contributed by atoms with Gasteiger partial charge in [-0.2, -0.15) is 0 Å². The largest absolute Gasteiger partial charge is 0.438 e. The van der Waals surface area contributed by atoms with Crippen molar-refractivity contribution in [2.75, 3.05) is 0 Å². The number of ether oxygens (including phenoxy) is 1. The normalized spacial score (nSPS) is 11.7. The van der Waals surface area contributed by atoms with Crippen molar-refractivity contribution in [3.05, 3.63) is 53.7 Å². The number of benzene rings is 1. The van der Waals surface area contributed by atoms with Crippen LogP contribution in [0.5, 0.6) is 11.6 Å². The molecule has 0 atom stereocenters. The van der Waals surface area contributed by atoms with Crippen molar-refractivity contribution >= 4 is 5.84 Å². The molecule has 0 unspecified atom stereocenters. The average molecular weight is 271 g/mol. The maximum Gasteiger partial charge on any atom is 0.230 e. The lowest BCUT2D eigenvalue weighted by Gasteiger charge is -2.14. The Kier molecular flexibility index (Phi) is 4.20. The first-order valence-electron chi connectivity index (χ1n) is 6.33. The van der Waals surface area contributed by atoms with Gasteiger partial charge in [-0.1, -0.05) is 37.2 Å². The minimum Gasteiger partial charge on any atom is -0.438 e. The van der Waals surface area contributed by atoms with E-state index in [-0.39, 0.29) is 5.84 Å². The lowest BCUT2D eigenvalue weighted by Crippen LogP contribution is -2.14. The molecule has 0 aliphatic rings. The molecule has 2 aromatic rings. The van der Waals surface area contributed by atoms with E-state index < -0.39 is 0 Å². The fraction of sp³-hybridized carbons (Fsp3) is 0.200. The van der Waals surface area contributed by atoms with Crippen LogP contribution in [0.25, 0.3) is 0 Å². The van der Waals surface area contributed by atoms with Crippen LogP contribution >= 0.6 is 0 Å². The highest BCUT2D eigenvalue weighted by Gasteiger charge is 2.13. The highest BCUT2D eigenvalue weighted by Crippen LogP contribution is 2.30. The van der Waals surface area contributed by atoms with Crippen LogP contribution in [-0.2, 0) is 0 Å². The quantitative estimate of drug-likeness (QED) is 0.387. The third-order valence-electron chi connectivity index (χ3n) is 2.90. The number of pyridine rings is 1. The van der Waals surface area contributed by atoms with Gasteiger partial charge in [0.25, 0.3) is 0 Å². The molecule has 0 saturated heterocycles. The lowest BCUT2D eigenvalue weighted by atomic mass is 10.0. The molecule has 5 nitrogen and oxygen atoms in total. The molecule has 20 heavy (non-hydrogen) atoms. The van der Waals surface area contributed by atoms with Gasteiger partial charge in [0.15, 0.2) is 5.84 Å². The second-order valence-electron chi connectivity index (χ2n) is 4.64. The summed E-state index contributed by atoms with van der Waals surface area (Å²) in [6.07, 6.45) is 1.60. The third-order valence-corrected chi connectivity index (χ3v) is 2.90. The molecule has 1 aromatic heterocycles. The Balaban J connectivity index is 2.41. The van der Waals surface area contributed by atoms with Gasteiger partial charge in [-0.15, -0.1) is 0 Å². The molecular weight excluding hydrogens is 254 g/mol. The highest BCUT2D eigenvalue weighted by atomic mass is 16.5. The minimum atomic E-state index is -0.0323. The fourth-order valence-corrected chi connectivity index (χ4v) is 1.88. The van der Waals surface area contributed by atoms with Crippen LogP contribution in [0.2, 0.25) is 0 Å². The molecule has 0 spiro atoms. The molecule has 0 aliphatic heterocycles. The Bertz CT molecular complexity index is 624. The Morgan fingerprint density at radius 3 is 2.70 bits per heavy atom. The molecule has 1 aromatic carbocycles. The summed E-state index contributed by atoms with van der Waals surface area (Å²) < 4.78 is 5.84. The van der Waals surface area contributed by atoms with Crippen LogP contribution in [0.4, 0.5) is 0 Å².